The zero-order valence-corrected chi connectivity index (χ0v) is 15.6. The van der Waals surface area contributed by atoms with Crippen molar-refractivity contribution in [1.82, 2.24) is 4.31 Å². The number of nitrogens with one attached hydrogen (secondary N) is 1. The fraction of sp³-hybridized carbons (Fsp3) is 0.188. The van der Waals surface area contributed by atoms with Crippen LogP contribution in [0, 0.1) is 0 Å². The second-order valence-electron chi connectivity index (χ2n) is 5.10. The van der Waals surface area contributed by atoms with E-state index in [2.05, 4.69) is 21.2 Å². The molecule has 0 fully saturated rings. The molecule has 1 amide bonds. The van der Waals surface area contributed by atoms with E-state index in [4.69, 9.17) is 4.74 Å². The van der Waals surface area contributed by atoms with Gasteiger partial charge >= 0.3 is 0 Å². The quantitative estimate of drug-likeness (QED) is 0.790. The molecule has 24 heavy (non-hydrogen) atoms. The fourth-order valence-corrected chi connectivity index (χ4v) is 2.96. The molecule has 128 valence electrons. The first-order valence-electron chi connectivity index (χ1n) is 7.00. The maximum Gasteiger partial charge on any atom is 0.262 e. The molecule has 0 radical (unpaired) electrons. The van der Waals surface area contributed by atoms with Gasteiger partial charge in [0.05, 0.1) is 4.90 Å². The predicted octanol–water partition coefficient (Wildman–Crippen LogP) is 2.72. The Morgan fingerprint density at radius 3 is 2.21 bits per heavy atom. The summed E-state index contributed by atoms with van der Waals surface area (Å²) in [5.74, 6) is 0.252. The monoisotopic (exact) mass is 412 g/mol. The van der Waals surface area contributed by atoms with Gasteiger partial charge in [-0.25, -0.2) is 12.7 Å². The number of benzene rings is 2. The van der Waals surface area contributed by atoms with Crippen LogP contribution >= 0.6 is 15.9 Å². The van der Waals surface area contributed by atoms with Gasteiger partial charge in [0.2, 0.25) is 10.0 Å². The first-order chi connectivity index (χ1) is 11.3. The van der Waals surface area contributed by atoms with Crippen molar-refractivity contribution in [3.8, 4) is 5.75 Å². The highest BCUT2D eigenvalue weighted by Gasteiger charge is 2.16. The molecule has 2 rings (SSSR count). The number of carbonyl (C=O) groups excluding carboxylic acids is 1. The second-order valence-corrected chi connectivity index (χ2v) is 8.17. The van der Waals surface area contributed by atoms with Gasteiger partial charge in [0, 0.05) is 24.3 Å². The first-order valence-corrected chi connectivity index (χ1v) is 9.23. The Kier molecular flexibility index (Phi) is 5.98. The molecule has 2 aromatic carbocycles. The van der Waals surface area contributed by atoms with Crippen molar-refractivity contribution in [2.24, 2.45) is 0 Å². The highest BCUT2D eigenvalue weighted by molar-refractivity contribution is 9.10. The number of nitrogens with zero attached hydrogens (tertiary/aromatic N) is 1. The number of hydrogen-bond acceptors (Lipinski definition) is 4. The normalized spacial score (nSPS) is 11.3. The summed E-state index contributed by atoms with van der Waals surface area (Å²) >= 11 is 3.32. The van der Waals surface area contributed by atoms with E-state index < -0.39 is 10.0 Å². The number of carbonyl (C=O) groups is 1. The maximum absolute atomic E-state index is 12.0. The van der Waals surface area contributed by atoms with Gasteiger partial charge in [-0.1, -0.05) is 15.9 Å². The molecule has 2 aromatic rings. The molecular formula is C16H17BrN2O4S. The minimum atomic E-state index is -3.48. The molecule has 0 aliphatic heterocycles. The minimum absolute atomic E-state index is 0.140. The number of sulfonamides is 1. The van der Waals surface area contributed by atoms with Crippen molar-refractivity contribution in [3.63, 3.8) is 0 Å². The summed E-state index contributed by atoms with van der Waals surface area (Å²) in [7, 11) is -0.554. The summed E-state index contributed by atoms with van der Waals surface area (Å²) in [6.45, 7) is -0.140. The van der Waals surface area contributed by atoms with Crippen molar-refractivity contribution in [3.05, 3.63) is 53.0 Å². The third kappa shape index (κ3) is 4.80. The lowest BCUT2D eigenvalue weighted by atomic mass is 10.3. The van der Waals surface area contributed by atoms with E-state index in [1.165, 1.54) is 38.4 Å². The van der Waals surface area contributed by atoms with Crippen LogP contribution in [-0.4, -0.2) is 39.3 Å². The molecule has 0 saturated heterocycles. The van der Waals surface area contributed by atoms with E-state index in [-0.39, 0.29) is 17.4 Å². The number of hydrogen-bond donors (Lipinski definition) is 1. The van der Waals surface area contributed by atoms with Gasteiger partial charge in [-0.3, -0.25) is 4.79 Å². The van der Waals surface area contributed by atoms with Gasteiger partial charge < -0.3 is 10.1 Å². The third-order valence-electron chi connectivity index (χ3n) is 3.10. The van der Waals surface area contributed by atoms with E-state index in [1.807, 2.05) is 12.1 Å². The van der Waals surface area contributed by atoms with E-state index in [1.54, 1.807) is 12.1 Å². The van der Waals surface area contributed by atoms with Crippen molar-refractivity contribution < 1.29 is 17.9 Å². The third-order valence-corrected chi connectivity index (χ3v) is 5.46. The van der Waals surface area contributed by atoms with Gasteiger partial charge in [0.15, 0.2) is 6.61 Å². The van der Waals surface area contributed by atoms with Crippen molar-refractivity contribution in [2.45, 2.75) is 4.90 Å². The van der Waals surface area contributed by atoms with Crippen LogP contribution in [0.25, 0.3) is 0 Å². The highest BCUT2D eigenvalue weighted by Crippen LogP contribution is 2.18. The molecule has 0 unspecified atom stereocenters. The summed E-state index contributed by atoms with van der Waals surface area (Å²) < 4.78 is 31.4. The standard InChI is InChI=1S/C16H17BrN2O4S/c1-19(2)24(21,22)15-9-5-13(6-10-15)18-16(20)11-23-14-7-3-12(17)4-8-14/h3-10H,11H2,1-2H3,(H,18,20). The number of anilines is 1. The number of amides is 1. The van der Waals surface area contributed by atoms with Crippen LogP contribution in [0.3, 0.4) is 0 Å². The van der Waals surface area contributed by atoms with E-state index in [0.29, 0.717) is 11.4 Å². The summed E-state index contributed by atoms with van der Waals surface area (Å²) in [5.41, 5.74) is 0.497. The molecule has 6 nitrogen and oxygen atoms in total. The smallest absolute Gasteiger partial charge is 0.262 e. The number of ether oxygens (including phenoxy) is 1. The topological polar surface area (TPSA) is 75.7 Å². The Morgan fingerprint density at radius 1 is 1.08 bits per heavy atom. The SMILES string of the molecule is CN(C)S(=O)(=O)c1ccc(NC(=O)COc2ccc(Br)cc2)cc1. The van der Waals surface area contributed by atoms with Gasteiger partial charge in [0.1, 0.15) is 5.75 Å². The van der Waals surface area contributed by atoms with Gasteiger partial charge in [-0.05, 0) is 48.5 Å². The lowest BCUT2D eigenvalue weighted by molar-refractivity contribution is -0.118. The Morgan fingerprint density at radius 2 is 1.67 bits per heavy atom. The molecule has 8 heteroatoms. The fourth-order valence-electron chi connectivity index (χ4n) is 1.80. The highest BCUT2D eigenvalue weighted by atomic mass is 79.9. The molecule has 0 bridgehead atoms. The lowest BCUT2D eigenvalue weighted by Gasteiger charge is -2.12. The van der Waals surface area contributed by atoms with Crippen molar-refractivity contribution >= 4 is 37.5 Å². The zero-order valence-electron chi connectivity index (χ0n) is 13.2. The molecular weight excluding hydrogens is 396 g/mol. The van der Waals surface area contributed by atoms with Crippen LogP contribution in [-0.2, 0) is 14.8 Å². The van der Waals surface area contributed by atoms with Crippen LogP contribution in [0.5, 0.6) is 5.75 Å². The van der Waals surface area contributed by atoms with E-state index >= 15 is 0 Å². The Balaban J connectivity index is 1.93. The molecule has 0 saturated carbocycles. The van der Waals surface area contributed by atoms with Crippen LogP contribution in [0.4, 0.5) is 5.69 Å². The molecule has 1 N–H and O–H groups in total. The second kappa shape index (κ2) is 7.78. The van der Waals surface area contributed by atoms with Crippen LogP contribution < -0.4 is 10.1 Å². The molecule has 0 aliphatic carbocycles. The van der Waals surface area contributed by atoms with Gasteiger partial charge in [0.25, 0.3) is 5.91 Å². The average Bonchev–Trinajstić information content (AvgIpc) is 2.54. The maximum atomic E-state index is 12.0. The largest absolute Gasteiger partial charge is 0.484 e. The predicted molar refractivity (Wildman–Crippen MR) is 95.6 cm³/mol. The van der Waals surface area contributed by atoms with E-state index in [0.717, 1.165) is 8.78 Å². The van der Waals surface area contributed by atoms with Gasteiger partial charge in [-0.15, -0.1) is 0 Å². The summed E-state index contributed by atoms with van der Waals surface area (Å²) in [4.78, 5) is 12.0. The summed E-state index contributed by atoms with van der Waals surface area (Å²) in [6, 6.07) is 13.1. The minimum Gasteiger partial charge on any atom is -0.484 e. The van der Waals surface area contributed by atoms with Crippen molar-refractivity contribution in [2.75, 3.05) is 26.0 Å². The Labute approximate surface area is 149 Å². The Bertz CT molecular complexity index is 803. The van der Waals surface area contributed by atoms with Crippen LogP contribution in [0.15, 0.2) is 57.9 Å². The van der Waals surface area contributed by atoms with E-state index in [9.17, 15) is 13.2 Å². The molecule has 0 spiro atoms. The molecule has 0 aromatic heterocycles. The van der Waals surface area contributed by atoms with Crippen LogP contribution in [0.1, 0.15) is 0 Å². The Hall–Kier alpha value is -1.90. The van der Waals surface area contributed by atoms with Gasteiger partial charge in [-0.2, -0.15) is 0 Å². The summed E-state index contributed by atoms with van der Waals surface area (Å²) in [5, 5.41) is 2.65. The van der Waals surface area contributed by atoms with Crippen molar-refractivity contribution in [1.29, 1.82) is 0 Å². The molecule has 0 heterocycles. The van der Waals surface area contributed by atoms with Crippen LogP contribution in [0.2, 0.25) is 0 Å². The molecule has 0 aliphatic rings. The lowest BCUT2D eigenvalue weighted by Crippen LogP contribution is -2.22. The summed E-state index contributed by atoms with van der Waals surface area (Å²) in [6.07, 6.45) is 0. The molecule has 0 atom stereocenters. The number of rotatable bonds is 6. The first kappa shape index (κ1) is 18.4. The number of halogens is 1. The average molecular weight is 413 g/mol. The zero-order chi connectivity index (χ0) is 17.7.